The Morgan fingerprint density at radius 1 is 1.44 bits per heavy atom. The SMILES string of the molecule is O=C(NCC1CCCC1CBr)c1ccc(Cl)cn1. The second-order valence-corrected chi connectivity index (χ2v) is 5.76. The van der Waals surface area contributed by atoms with E-state index in [-0.39, 0.29) is 5.91 Å². The standard InChI is InChI=1S/C13H16BrClN2O/c14-6-9-2-1-3-10(9)7-17-13(18)12-5-4-11(15)8-16-12/h4-5,8-10H,1-3,6-7H2,(H,17,18). The zero-order chi connectivity index (χ0) is 13.0. The van der Waals surface area contributed by atoms with Gasteiger partial charge >= 0.3 is 0 Å². The van der Waals surface area contributed by atoms with Crippen molar-refractivity contribution in [3.63, 3.8) is 0 Å². The molecule has 18 heavy (non-hydrogen) atoms. The van der Waals surface area contributed by atoms with Gasteiger partial charge < -0.3 is 5.32 Å². The molecule has 1 N–H and O–H groups in total. The molecule has 0 spiro atoms. The molecule has 0 aromatic carbocycles. The van der Waals surface area contributed by atoms with Crippen molar-refractivity contribution < 1.29 is 4.79 Å². The maximum absolute atomic E-state index is 11.9. The van der Waals surface area contributed by atoms with Gasteiger partial charge in [0.25, 0.3) is 5.91 Å². The van der Waals surface area contributed by atoms with Crippen molar-refractivity contribution in [2.45, 2.75) is 19.3 Å². The van der Waals surface area contributed by atoms with Crippen LogP contribution in [0.15, 0.2) is 18.3 Å². The van der Waals surface area contributed by atoms with E-state index < -0.39 is 0 Å². The third-order valence-electron chi connectivity index (χ3n) is 3.50. The smallest absolute Gasteiger partial charge is 0.269 e. The summed E-state index contributed by atoms with van der Waals surface area (Å²) in [6, 6.07) is 3.33. The van der Waals surface area contributed by atoms with Gasteiger partial charge in [-0.2, -0.15) is 0 Å². The fourth-order valence-electron chi connectivity index (χ4n) is 2.41. The van der Waals surface area contributed by atoms with E-state index in [0.29, 0.717) is 22.6 Å². The third-order valence-corrected chi connectivity index (χ3v) is 4.55. The van der Waals surface area contributed by atoms with Crippen LogP contribution in [0.25, 0.3) is 0 Å². The van der Waals surface area contributed by atoms with Crippen LogP contribution in [0.1, 0.15) is 29.8 Å². The molecule has 98 valence electrons. The first kappa shape index (κ1) is 13.8. The van der Waals surface area contributed by atoms with E-state index in [0.717, 1.165) is 11.9 Å². The van der Waals surface area contributed by atoms with Crippen LogP contribution in [-0.4, -0.2) is 22.8 Å². The lowest BCUT2D eigenvalue weighted by molar-refractivity contribution is 0.0940. The summed E-state index contributed by atoms with van der Waals surface area (Å²) < 4.78 is 0. The number of halogens is 2. The molecule has 0 radical (unpaired) electrons. The number of nitrogens with one attached hydrogen (secondary N) is 1. The fourth-order valence-corrected chi connectivity index (χ4v) is 3.37. The van der Waals surface area contributed by atoms with Crippen molar-refractivity contribution in [2.75, 3.05) is 11.9 Å². The lowest BCUT2D eigenvalue weighted by Crippen LogP contribution is -2.31. The Balaban J connectivity index is 1.86. The average molecular weight is 332 g/mol. The van der Waals surface area contributed by atoms with Gasteiger partial charge in [-0.3, -0.25) is 4.79 Å². The molecule has 2 unspecified atom stereocenters. The molecule has 1 aromatic rings. The Bertz CT molecular complexity index is 410. The Labute approximate surface area is 120 Å². The average Bonchev–Trinajstić information content (AvgIpc) is 2.84. The third kappa shape index (κ3) is 3.45. The van der Waals surface area contributed by atoms with E-state index in [1.807, 2.05) is 0 Å². The predicted octanol–water partition coefficient (Wildman–Crippen LogP) is 3.28. The second-order valence-electron chi connectivity index (χ2n) is 4.68. The maximum Gasteiger partial charge on any atom is 0.269 e. The van der Waals surface area contributed by atoms with Gasteiger partial charge in [-0.25, -0.2) is 4.98 Å². The molecule has 1 aliphatic rings. The van der Waals surface area contributed by atoms with Crippen LogP contribution in [0.4, 0.5) is 0 Å². The minimum absolute atomic E-state index is 0.119. The summed E-state index contributed by atoms with van der Waals surface area (Å²) in [4.78, 5) is 15.9. The molecule has 2 atom stereocenters. The number of carbonyl (C=O) groups excluding carboxylic acids is 1. The highest BCUT2D eigenvalue weighted by Gasteiger charge is 2.26. The molecule has 0 aliphatic heterocycles. The highest BCUT2D eigenvalue weighted by Crippen LogP contribution is 2.32. The second kappa shape index (κ2) is 6.53. The number of alkyl halides is 1. The molecule has 1 aromatic heterocycles. The first-order chi connectivity index (χ1) is 8.70. The van der Waals surface area contributed by atoms with Crippen LogP contribution in [0.3, 0.4) is 0 Å². The Morgan fingerprint density at radius 3 is 2.89 bits per heavy atom. The fraction of sp³-hybridized carbons (Fsp3) is 0.538. The van der Waals surface area contributed by atoms with Crippen molar-refractivity contribution in [2.24, 2.45) is 11.8 Å². The summed E-state index contributed by atoms with van der Waals surface area (Å²) >= 11 is 9.27. The summed E-state index contributed by atoms with van der Waals surface area (Å²) in [7, 11) is 0. The quantitative estimate of drug-likeness (QED) is 0.860. The molecule has 1 fully saturated rings. The predicted molar refractivity (Wildman–Crippen MR) is 76.2 cm³/mol. The van der Waals surface area contributed by atoms with Crippen molar-refractivity contribution >= 4 is 33.4 Å². The topological polar surface area (TPSA) is 42.0 Å². The summed E-state index contributed by atoms with van der Waals surface area (Å²) in [5, 5.41) is 4.52. The molecule has 0 bridgehead atoms. The van der Waals surface area contributed by atoms with Crippen LogP contribution in [-0.2, 0) is 0 Å². The molecule has 0 saturated heterocycles. The van der Waals surface area contributed by atoms with Crippen LogP contribution in [0.2, 0.25) is 5.02 Å². The van der Waals surface area contributed by atoms with Gasteiger partial charge in [0.05, 0.1) is 5.02 Å². The Hall–Kier alpha value is -0.610. The van der Waals surface area contributed by atoms with E-state index in [1.54, 1.807) is 12.1 Å². The minimum atomic E-state index is -0.119. The number of rotatable bonds is 4. The molecule has 1 heterocycles. The number of pyridine rings is 1. The van der Waals surface area contributed by atoms with E-state index in [1.165, 1.54) is 25.5 Å². The molecule has 5 heteroatoms. The molecule has 3 nitrogen and oxygen atoms in total. The number of carbonyl (C=O) groups is 1. The van der Waals surface area contributed by atoms with E-state index >= 15 is 0 Å². The van der Waals surface area contributed by atoms with E-state index in [2.05, 4.69) is 26.2 Å². The van der Waals surface area contributed by atoms with Crippen molar-refractivity contribution in [1.29, 1.82) is 0 Å². The number of amides is 1. The summed E-state index contributed by atoms with van der Waals surface area (Å²) in [5.41, 5.74) is 0.424. The largest absolute Gasteiger partial charge is 0.350 e. The Morgan fingerprint density at radius 2 is 2.22 bits per heavy atom. The van der Waals surface area contributed by atoms with Gasteiger partial charge in [-0.05, 0) is 36.8 Å². The number of aromatic nitrogens is 1. The lowest BCUT2D eigenvalue weighted by Gasteiger charge is -2.17. The summed E-state index contributed by atoms with van der Waals surface area (Å²) in [5.74, 6) is 1.15. The molecule has 1 saturated carbocycles. The summed E-state index contributed by atoms with van der Waals surface area (Å²) in [6.07, 6.45) is 5.21. The van der Waals surface area contributed by atoms with Crippen molar-refractivity contribution in [3.05, 3.63) is 29.0 Å². The van der Waals surface area contributed by atoms with Gasteiger partial charge in [0, 0.05) is 18.1 Å². The molecule has 1 amide bonds. The highest BCUT2D eigenvalue weighted by molar-refractivity contribution is 9.09. The van der Waals surface area contributed by atoms with Crippen LogP contribution in [0.5, 0.6) is 0 Å². The first-order valence-corrected chi connectivity index (χ1v) is 7.66. The first-order valence-electron chi connectivity index (χ1n) is 6.16. The van der Waals surface area contributed by atoms with Crippen LogP contribution < -0.4 is 5.32 Å². The normalized spacial score (nSPS) is 23.0. The Kier molecular flexibility index (Phi) is 5.01. The van der Waals surface area contributed by atoms with Crippen molar-refractivity contribution in [3.8, 4) is 0 Å². The number of hydrogen-bond donors (Lipinski definition) is 1. The monoisotopic (exact) mass is 330 g/mol. The summed E-state index contributed by atoms with van der Waals surface area (Å²) in [6.45, 7) is 0.736. The molecular weight excluding hydrogens is 316 g/mol. The maximum atomic E-state index is 11.9. The van der Waals surface area contributed by atoms with E-state index in [4.69, 9.17) is 11.6 Å². The van der Waals surface area contributed by atoms with Crippen LogP contribution in [0, 0.1) is 11.8 Å². The van der Waals surface area contributed by atoms with Gasteiger partial charge in [0.2, 0.25) is 0 Å². The zero-order valence-corrected chi connectivity index (χ0v) is 12.4. The van der Waals surface area contributed by atoms with Gasteiger partial charge in [0.15, 0.2) is 0 Å². The van der Waals surface area contributed by atoms with Crippen molar-refractivity contribution in [1.82, 2.24) is 10.3 Å². The number of nitrogens with zero attached hydrogens (tertiary/aromatic N) is 1. The molecular formula is C13H16BrClN2O. The van der Waals surface area contributed by atoms with Gasteiger partial charge in [0.1, 0.15) is 5.69 Å². The lowest BCUT2D eigenvalue weighted by atomic mass is 9.98. The molecule has 1 aliphatic carbocycles. The zero-order valence-electron chi connectivity index (χ0n) is 10.0. The van der Waals surface area contributed by atoms with Gasteiger partial charge in [-0.15, -0.1) is 0 Å². The number of hydrogen-bond acceptors (Lipinski definition) is 2. The highest BCUT2D eigenvalue weighted by atomic mass is 79.9. The van der Waals surface area contributed by atoms with Gasteiger partial charge in [-0.1, -0.05) is 34.0 Å². The van der Waals surface area contributed by atoms with E-state index in [9.17, 15) is 4.79 Å². The molecule has 2 rings (SSSR count). The minimum Gasteiger partial charge on any atom is -0.350 e. The van der Waals surface area contributed by atoms with Crippen LogP contribution >= 0.6 is 27.5 Å².